The zero-order chi connectivity index (χ0) is 15.7. The maximum absolute atomic E-state index is 12.6. The number of aromatic nitrogens is 1. The van der Waals surface area contributed by atoms with Gasteiger partial charge >= 0.3 is 6.18 Å². The summed E-state index contributed by atoms with van der Waals surface area (Å²) in [5, 5.41) is 10.2. The van der Waals surface area contributed by atoms with Crippen LogP contribution in [0.5, 0.6) is 0 Å². The zero-order valence-electron chi connectivity index (χ0n) is 12.1. The first-order valence-electron chi connectivity index (χ1n) is 7.52. The number of anilines is 1. The molecule has 122 valence electrons. The van der Waals surface area contributed by atoms with E-state index in [2.05, 4.69) is 4.98 Å². The predicted octanol–water partition coefficient (Wildman–Crippen LogP) is 2.47. The molecular formula is C15H19F3N2O2. The fourth-order valence-corrected chi connectivity index (χ4v) is 3.36. The third kappa shape index (κ3) is 3.05. The molecule has 2 fully saturated rings. The van der Waals surface area contributed by atoms with Crippen molar-refractivity contribution in [3.63, 3.8) is 0 Å². The molecule has 1 N–H and O–H groups in total. The number of halogens is 3. The van der Waals surface area contributed by atoms with E-state index in [0.717, 1.165) is 31.6 Å². The topological polar surface area (TPSA) is 45.6 Å². The standard InChI is InChI=1S/C15H19F3N2O2/c16-15(17,18)10-3-4-14(19-8-10)20-6-1-2-12(20)11-9-22-7-5-13(11)21/h3-4,8,11-13,21H,1-2,5-7,9H2/t11-,12+,13+/m0/s1. The minimum absolute atomic E-state index is 0.0136. The van der Waals surface area contributed by atoms with Gasteiger partial charge in [-0.05, 0) is 31.4 Å². The van der Waals surface area contributed by atoms with Crippen LogP contribution in [-0.4, -0.2) is 42.0 Å². The van der Waals surface area contributed by atoms with E-state index in [4.69, 9.17) is 4.74 Å². The SMILES string of the molecule is O[C@@H]1CCOC[C@H]1[C@H]1CCCN1c1ccc(C(F)(F)F)cn1. The summed E-state index contributed by atoms with van der Waals surface area (Å²) >= 11 is 0. The number of aliphatic hydroxyl groups is 1. The quantitative estimate of drug-likeness (QED) is 0.910. The lowest BCUT2D eigenvalue weighted by molar-refractivity contribution is -0.137. The van der Waals surface area contributed by atoms with E-state index >= 15 is 0 Å². The van der Waals surface area contributed by atoms with Gasteiger partial charge in [-0.1, -0.05) is 0 Å². The van der Waals surface area contributed by atoms with E-state index in [9.17, 15) is 18.3 Å². The summed E-state index contributed by atoms with van der Waals surface area (Å²) in [5.74, 6) is 0.522. The number of hydrogen-bond acceptors (Lipinski definition) is 4. The number of pyridine rings is 1. The highest BCUT2D eigenvalue weighted by molar-refractivity contribution is 5.42. The van der Waals surface area contributed by atoms with Crippen molar-refractivity contribution >= 4 is 5.82 Å². The smallest absolute Gasteiger partial charge is 0.393 e. The fourth-order valence-electron chi connectivity index (χ4n) is 3.36. The summed E-state index contributed by atoms with van der Waals surface area (Å²) in [6.45, 7) is 1.79. The van der Waals surface area contributed by atoms with E-state index < -0.39 is 17.8 Å². The van der Waals surface area contributed by atoms with E-state index in [-0.39, 0.29) is 12.0 Å². The van der Waals surface area contributed by atoms with Crippen LogP contribution in [0.4, 0.5) is 19.0 Å². The van der Waals surface area contributed by atoms with Crippen LogP contribution in [0.15, 0.2) is 18.3 Å². The third-order valence-electron chi connectivity index (χ3n) is 4.53. The maximum Gasteiger partial charge on any atom is 0.417 e. The summed E-state index contributed by atoms with van der Waals surface area (Å²) in [5.41, 5.74) is -0.743. The number of aliphatic hydroxyl groups excluding tert-OH is 1. The second kappa shape index (κ2) is 6.04. The van der Waals surface area contributed by atoms with E-state index in [1.54, 1.807) is 0 Å². The Bertz CT molecular complexity index is 507. The molecule has 4 nitrogen and oxygen atoms in total. The van der Waals surface area contributed by atoms with Crippen LogP contribution < -0.4 is 4.90 Å². The van der Waals surface area contributed by atoms with Gasteiger partial charge in [0.25, 0.3) is 0 Å². The first-order valence-corrected chi connectivity index (χ1v) is 7.52. The van der Waals surface area contributed by atoms with E-state index in [0.29, 0.717) is 25.5 Å². The Hall–Kier alpha value is -1.34. The zero-order valence-corrected chi connectivity index (χ0v) is 12.1. The van der Waals surface area contributed by atoms with Crippen molar-refractivity contribution in [3.8, 4) is 0 Å². The summed E-state index contributed by atoms with van der Waals surface area (Å²) in [4.78, 5) is 5.98. The van der Waals surface area contributed by atoms with Crippen LogP contribution in [-0.2, 0) is 10.9 Å². The van der Waals surface area contributed by atoms with Crippen molar-refractivity contribution in [2.45, 2.75) is 37.6 Å². The van der Waals surface area contributed by atoms with Crippen molar-refractivity contribution in [3.05, 3.63) is 23.9 Å². The lowest BCUT2D eigenvalue weighted by atomic mass is 9.89. The molecule has 3 atom stereocenters. The summed E-state index contributed by atoms with van der Waals surface area (Å²) in [6, 6.07) is 2.54. The first kappa shape index (κ1) is 15.6. The van der Waals surface area contributed by atoms with Crippen LogP contribution in [0.25, 0.3) is 0 Å². The van der Waals surface area contributed by atoms with Gasteiger partial charge in [0.05, 0.1) is 18.3 Å². The Morgan fingerprint density at radius 2 is 2.09 bits per heavy atom. The maximum atomic E-state index is 12.6. The van der Waals surface area contributed by atoms with Gasteiger partial charge in [-0.15, -0.1) is 0 Å². The summed E-state index contributed by atoms with van der Waals surface area (Å²) < 4.78 is 43.3. The Morgan fingerprint density at radius 1 is 1.27 bits per heavy atom. The van der Waals surface area contributed by atoms with Crippen molar-refractivity contribution in [2.75, 3.05) is 24.7 Å². The van der Waals surface area contributed by atoms with Crippen molar-refractivity contribution in [1.82, 2.24) is 4.98 Å². The highest BCUT2D eigenvalue weighted by atomic mass is 19.4. The van der Waals surface area contributed by atoms with Crippen LogP contribution in [0.1, 0.15) is 24.8 Å². The Morgan fingerprint density at radius 3 is 2.73 bits per heavy atom. The molecule has 3 rings (SSSR count). The minimum Gasteiger partial charge on any atom is -0.393 e. The molecule has 0 bridgehead atoms. The Balaban J connectivity index is 1.78. The number of nitrogens with zero attached hydrogens (tertiary/aromatic N) is 2. The molecule has 3 heterocycles. The average molecular weight is 316 g/mol. The molecule has 0 amide bonds. The monoisotopic (exact) mass is 316 g/mol. The highest BCUT2D eigenvalue weighted by Crippen LogP contribution is 2.34. The molecule has 2 aliphatic rings. The first-order chi connectivity index (χ1) is 10.5. The van der Waals surface area contributed by atoms with Crippen molar-refractivity contribution in [2.24, 2.45) is 5.92 Å². The molecule has 1 aromatic heterocycles. The highest BCUT2D eigenvalue weighted by Gasteiger charge is 2.38. The molecule has 0 aromatic carbocycles. The van der Waals surface area contributed by atoms with Gasteiger partial charge in [0.15, 0.2) is 0 Å². The van der Waals surface area contributed by atoms with Gasteiger partial charge < -0.3 is 14.7 Å². The average Bonchev–Trinajstić information content (AvgIpc) is 2.96. The van der Waals surface area contributed by atoms with Crippen molar-refractivity contribution < 1.29 is 23.0 Å². The lowest BCUT2D eigenvalue weighted by Crippen LogP contribution is -2.46. The van der Waals surface area contributed by atoms with Crippen LogP contribution in [0.3, 0.4) is 0 Å². The molecular weight excluding hydrogens is 297 g/mol. The Kier molecular flexibility index (Phi) is 4.27. The van der Waals surface area contributed by atoms with E-state index in [1.165, 1.54) is 6.07 Å². The molecule has 0 spiro atoms. The molecule has 0 saturated carbocycles. The van der Waals surface area contributed by atoms with Gasteiger partial charge in [0.1, 0.15) is 5.82 Å². The van der Waals surface area contributed by atoms with Gasteiger partial charge in [0, 0.05) is 31.3 Å². The second-order valence-corrected chi connectivity index (χ2v) is 5.90. The predicted molar refractivity (Wildman–Crippen MR) is 74.5 cm³/mol. The van der Waals surface area contributed by atoms with Crippen LogP contribution in [0.2, 0.25) is 0 Å². The number of ether oxygens (including phenoxy) is 1. The third-order valence-corrected chi connectivity index (χ3v) is 4.53. The molecule has 0 aliphatic carbocycles. The molecule has 1 aromatic rings. The largest absolute Gasteiger partial charge is 0.417 e. The van der Waals surface area contributed by atoms with Crippen LogP contribution in [0, 0.1) is 5.92 Å². The number of rotatable bonds is 2. The molecule has 22 heavy (non-hydrogen) atoms. The summed E-state index contributed by atoms with van der Waals surface area (Å²) in [6.07, 6.45) is -1.48. The van der Waals surface area contributed by atoms with Crippen molar-refractivity contribution in [1.29, 1.82) is 0 Å². The molecule has 2 saturated heterocycles. The normalized spacial score (nSPS) is 29.8. The number of hydrogen-bond donors (Lipinski definition) is 1. The molecule has 2 aliphatic heterocycles. The van der Waals surface area contributed by atoms with E-state index in [1.807, 2.05) is 4.90 Å². The lowest BCUT2D eigenvalue weighted by Gasteiger charge is -2.37. The van der Waals surface area contributed by atoms with Gasteiger partial charge in [0.2, 0.25) is 0 Å². The summed E-state index contributed by atoms with van der Waals surface area (Å²) in [7, 11) is 0. The molecule has 0 unspecified atom stereocenters. The number of alkyl halides is 3. The second-order valence-electron chi connectivity index (χ2n) is 5.90. The molecule has 7 heteroatoms. The fraction of sp³-hybridized carbons (Fsp3) is 0.667. The minimum atomic E-state index is -4.37. The van der Waals surface area contributed by atoms with Gasteiger partial charge in [-0.25, -0.2) is 4.98 Å². The van der Waals surface area contributed by atoms with Gasteiger partial charge in [-0.2, -0.15) is 13.2 Å². The Labute approximate surface area is 126 Å². The molecule has 0 radical (unpaired) electrons. The van der Waals surface area contributed by atoms with Crippen LogP contribution >= 0.6 is 0 Å². The van der Waals surface area contributed by atoms with Gasteiger partial charge in [-0.3, -0.25) is 0 Å².